The van der Waals surface area contributed by atoms with Crippen molar-refractivity contribution in [2.24, 2.45) is 0 Å². The number of hydrogen-bond acceptors (Lipinski definition) is 8. The molecule has 0 unspecified atom stereocenters. The van der Waals surface area contributed by atoms with Crippen LogP contribution in [0.2, 0.25) is 0 Å². The maximum Gasteiger partial charge on any atom is 0.230 e. The summed E-state index contributed by atoms with van der Waals surface area (Å²) in [7, 11) is 2.09. The molecule has 4 heterocycles. The van der Waals surface area contributed by atoms with Crippen molar-refractivity contribution in [2.45, 2.75) is 44.7 Å². The van der Waals surface area contributed by atoms with Crippen LogP contribution in [0.3, 0.4) is 0 Å². The van der Waals surface area contributed by atoms with Crippen molar-refractivity contribution in [3.63, 3.8) is 0 Å². The Kier molecular flexibility index (Phi) is 3.63. The second kappa shape index (κ2) is 6.01. The molecular formula is C17H22N8O. The van der Waals surface area contributed by atoms with E-state index in [2.05, 4.69) is 37.2 Å². The highest BCUT2D eigenvalue weighted by Gasteiger charge is 2.32. The smallest absolute Gasteiger partial charge is 0.230 e. The van der Waals surface area contributed by atoms with Crippen molar-refractivity contribution in [3.8, 4) is 0 Å². The lowest BCUT2D eigenvalue weighted by Gasteiger charge is -2.44. The normalized spacial score (nSPS) is 18.5. The molecule has 5 rings (SSSR count). The van der Waals surface area contributed by atoms with Crippen LogP contribution in [0.5, 0.6) is 0 Å². The highest BCUT2D eigenvalue weighted by atomic mass is 16.4. The van der Waals surface area contributed by atoms with Crippen molar-refractivity contribution >= 4 is 11.5 Å². The number of nitrogens with zero attached hydrogens (tertiary/aromatic N) is 8. The van der Waals surface area contributed by atoms with E-state index in [0.29, 0.717) is 30.3 Å². The Balaban J connectivity index is 1.26. The highest BCUT2D eigenvalue weighted by Crippen LogP contribution is 2.35. The van der Waals surface area contributed by atoms with Crippen LogP contribution < -0.4 is 4.90 Å². The Labute approximate surface area is 151 Å². The Morgan fingerprint density at radius 3 is 2.69 bits per heavy atom. The van der Waals surface area contributed by atoms with E-state index in [1.165, 1.54) is 19.3 Å². The van der Waals surface area contributed by atoms with Crippen LogP contribution in [0.4, 0.5) is 5.82 Å². The number of aryl methyl sites for hydroxylation is 1. The van der Waals surface area contributed by atoms with Crippen molar-refractivity contribution in [3.05, 3.63) is 29.7 Å². The van der Waals surface area contributed by atoms with E-state index >= 15 is 0 Å². The molecule has 0 spiro atoms. The molecule has 1 saturated heterocycles. The Morgan fingerprint density at radius 1 is 1.15 bits per heavy atom. The fraction of sp³-hybridized carbons (Fsp3) is 0.588. The minimum atomic E-state index is 0.451. The van der Waals surface area contributed by atoms with Crippen LogP contribution in [0.15, 0.2) is 16.5 Å². The summed E-state index contributed by atoms with van der Waals surface area (Å²) in [6.07, 6.45) is 3.66. The second-order valence-corrected chi connectivity index (χ2v) is 7.34. The lowest BCUT2D eigenvalue weighted by atomic mass is 9.85. The Bertz CT molecular complexity index is 924. The maximum atomic E-state index is 5.47. The quantitative estimate of drug-likeness (QED) is 0.679. The van der Waals surface area contributed by atoms with Gasteiger partial charge in [0.25, 0.3) is 0 Å². The topological polar surface area (TPSA) is 88.5 Å². The molecule has 1 aliphatic carbocycles. The van der Waals surface area contributed by atoms with E-state index in [1.54, 1.807) is 0 Å². The molecule has 136 valence electrons. The lowest BCUT2D eigenvalue weighted by molar-refractivity contribution is 0.179. The van der Waals surface area contributed by atoms with E-state index in [9.17, 15) is 0 Å². The molecule has 0 atom stereocenters. The first kappa shape index (κ1) is 15.7. The van der Waals surface area contributed by atoms with Gasteiger partial charge in [-0.1, -0.05) is 6.42 Å². The third-order valence-electron chi connectivity index (χ3n) is 5.51. The van der Waals surface area contributed by atoms with Gasteiger partial charge in [0, 0.05) is 32.0 Å². The molecule has 26 heavy (non-hydrogen) atoms. The predicted molar refractivity (Wildman–Crippen MR) is 93.9 cm³/mol. The van der Waals surface area contributed by atoms with Crippen LogP contribution in [0.1, 0.15) is 42.8 Å². The summed E-state index contributed by atoms with van der Waals surface area (Å²) in [5.41, 5.74) is 0.830. The lowest BCUT2D eigenvalue weighted by Crippen LogP contribution is -2.58. The average Bonchev–Trinajstić information content (AvgIpc) is 3.11. The van der Waals surface area contributed by atoms with Crippen molar-refractivity contribution in [2.75, 3.05) is 25.0 Å². The van der Waals surface area contributed by atoms with Gasteiger partial charge in [0.05, 0.1) is 6.54 Å². The van der Waals surface area contributed by atoms with Gasteiger partial charge in [-0.3, -0.25) is 4.90 Å². The van der Waals surface area contributed by atoms with Crippen LogP contribution >= 0.6 is 0 Å². The van der Waals surface area contributed by atoms with Gasteiger partial charge in [-0.05, 0) is 32.0 Å². The van der Waals surface area contributed by atoms with Gasteiger partial charge in [-0.2, -0.15) is 4.52 Å². The van der Waals surface area contributed by atoms with Gasteiger partial charge >= 0.3 is 0 Å². The van der Waals surface area contributed by atoms with E-state index < -0.39 is 0 Å². The summed E-state index contributed by atoms with van der Waals surface area (Å²) in [6.45, 7) is 4.35. The van der Waals surface area contributed by atoms with Gasteiger partial charge in [0.15, 0.2) is 11.5 Å². The van der Waals surface area contributed by atoms with Crippen LogP contribution in [-0.2, 0) is 6.54 Å². The first-order valence-corrected chi connectivity index (χ1v) is 9.14. The summed E-state index contributed by atoms with van der Waals surface area (Å²) < 4.78 is 7.40. The van der Waals surface area contributed by atoms with Gasteiger partial charge in [0.1, 0.15) is 5.82 Å². The highest BCUT2D eigenvalue weighted by molar-refractivity contribution is 5.48. The fourth-order valence-corrected chi connectivity index (χ4v) is 3.55. The van der Waals surface area contributed by atoms with Crippen molar-refractivity contribution in [1.29, 1.82) is 0 Å². The van der Waals surface area contributed by atoms with Crippen molar-refractivity contribution in [1.82, 2.24) is 34.9 Å². The van der Waals surface area contributed by atoms with Crippen LogP contribution in [0.25, 0.3) is 5.65 Å². The van der Waals surface area contributed by atoms with Crippen molar-refractivity contribution < 1.29 is 4.42 Å². The number of rotatable bonds is 5. The monoisotopic (exact) mass is 354 g/mol. The molecule has 3 aromatic heterocycles. The summed E-state index contributed by atoms with van der Waals surface area (Å²) in [6, 6.07) is 4.49. The molecule has 0 amide bonds. The zero-order chi connectivity index (χ0) is 17.7. The Hall–Kier alpha value is -2.55. The van der Waals surface area contributed by atoms with Gasteiger partial charge in [0.2, 0.25) is 11.8 Å². The van der Waals surface area contributed by atoms with E-state index in [4.69, 9.17) is 9.52 Å². The average molecular weight is 354 g/mol. The molecule has 1 aliphatic heterocycles. The minimum absolute atomic E-state index is 0.451. The number of anilines is 1. The summed E-state index contributed by atoms with van der Waals surface area (Å²) in [5, 5.41) is 21.4. The molecule has 2 aliphatic rings. The zero-order valence-electron chi connectivity index (χ0n) is 15.0. The van der Waals surface area contributed by atoms with Gasteiger partial charge < -0.3 is 9.32 Å². The van der Waals surface area contributed by atoms with Crippen LogP contribution in [-0.4, -0.2) is 61.1 Å². The molecule has 9 nitrogen and oxygen atoms in total. The van der Waals surface area contributed by atoms with E-state index in [-0.39, 0.29) is 0 Å². The summed E-state index contributed by atoms with van der Waals surface area (Å²) >= 11 is 0. The van der Waals surface area contributed by atoms with Gasteiger partial charge in [-0.15, -0.1) is 25.5 Å². The van der Waals surface area contributed by atoms with E-state index in [0.717, 1.165) is 30.4 Å². The van der Waals surface area contributed by atoms with Gasteiger partial charge in [-0.25, -0.2) is 0 Å². The first-order chi connectivity index (χ1) is 12.7. The first-order valence-electron chi connectivity index (χ1n) is 9.14. The molecule has 0 aromatic carbocycles. The predicted octanol–water partition coefficient (Wildman–Crippen LogP) is 1.40. The number of aromatic nitrogens is 6. The second-order valence-electron chi connectivity index (χ2n) is 7.34. The number of hydrogen-bond donors (Lipinski definition) is 0. The minimum Gasteiger partial charge on any atom is -0.424 e. The zero-order valence-corrected chi connectivity index (χ0v) is 15.0. The Morgan fingerprint density at radius 2 is 2.00 bits per heavy atom. The van der Waals surface area contributed by atoms with E-state index in [1.807, 2.05) is 23.6 Å². The molecule has 0 bridgehead atoms. The molecule has 1 saturated carbocycles. The largest absolute Gasteiger partial charge is 0.424 e. The molecule has 9 heteroatoms. The maximum absolute atomic E-state index is 5.47. The fourth-order valence-electron chi connectivity index (χ4n) is 3.55. The molecule has 3 aromatic rings. The van der Waals surface area contributed by atoms with Crippen LogP contribution in [0, 0.1) is 6.92 Å². The molecule has 0 N–H and O–H groups in total. The third kappa shape index (κ3) is 2.63. The number of likely N-dealkylation sites (N-methyl/N-ethyl adjacent to an activating group) is 1. The SMILES string of the molecule is Cc1nnc(CN(C)C2CN(c3ccc4nnc(C5CCC5)n4n3)C2)o1. The molecule has 0 radical (unpaired) electrons. The summed E-state index contributed by atoms with van der Waals surface area (Å²) in [4.78, 5) is 4.53. The molecular weight excluding hydrogens is 332 g/mol. The molecule has 2 fully saturated rings. The number of fused-ring (bicyclic) bond motifs is 1. The summed E-state index contributed by atoms with van der Waals surface area (Å²) in [5.74, 6) is 3.78. The standard InChI is InChI=1S/C17H22N8O/c1-11-18-20-16(26-11)10-23(2)13-8-24(9-13)15-7-6-14-19-21-17(25(14)22-15)12-4-3-5-12/h6-7,12-13H,3-5,8-10H2,1-2H3. The third-order valence-corrected chi connectivity index (χ3v) is 5.51.